The van der Waals surface area contributed by atoms with Crippen LogP contribution in [0.1, 0.15) is 33.1 Å². The van der Waals surface area contributed by atoms with Crippen LogP contribution >= 0.6 is 0 Å². The van der Waals surface area contributed by atoms with Gasteiger partial charge in [0, 0.05) is 6.42 Å². The maximum atomic E-state index is 9.47. The van der Waals surface area contributed by atoms with E-state index in [2.05, 4.69) is 17.2 Å². The molecule has 0 aromatic rings. The molecule has 0 spiro atoms. The van der Waals surface area contributed by atoms with Gasteiger partial charge in [-0.2, -0.15) is 0 Å². The Morgan fingerprint density at radius 3 is 2.50 bits per heavy atom. The molecule has 1 saturated heterocycles. The first kappa shape index (κ1) is 11.7. The highest BCUT2D eigenvalue weighted by Crippen LogP contribution is 2.20. The molecule has 1 aliphatic rings. The molecular weight excluding hydrogens is 176 g/mol. The molecule has 0 aromatic carbocycles. The van der Waals surface area contributed by atoms with E-state index in [1.165, 1.54) is 0 Å². The first-order chi connectivity index (χ1) is 6.54. The first-order valence-electron chi connectivity index (χ1n) is 5.37. The van der Waals surface area contributed by atoms with Gasteiger partial charge in [0.1, 0.15) is 0 Å². The fourth-order valence-corrected chi connectivity index (χ4v) is 2.17. The van der Waals surface area contributed by atoms with Crippen molar-refractivity contribution in [1.82, 2.24) is 10.6 Å². The van der Waals surface area contributed by atoms with Gasteiger partial charge in [-0.3, -0.25) is 10.6 Å². The SMILES string of the molecule is C=C(C)CC1(C[C@H](C)O)NCCCN1. The standard InChI is InChI=1S/C11H22N2O/c1-9(2)7-11(8-10(3)14)12-5-4-6-13-11/h10,12-14H,1,4-8H2,2-3H3/t10-/m0/s1. The summed E-state index contributed by atoms with van der Waals surface area (Å²) >= 11 is 0. The molecule has 1 atom stereocenters. The van der Waals surface area contributed by atoms with E-state index >= 15 is 0 Å². The molecule has 14 heavy (non-hydrogen) atoms. The molecule has 0 unspecified atom stereocenters. The summed E-state index contributed by atoms with van der Waals surface area (Å²) in [7, 11) is 0. The zero-order valence-corrected chi connectivity index (χ0v) is 9.27. The Kier molecular flexibility index (Phi) is 4.11. The second kappa shape index (κ2) is 4.91. The van der Waals surface area contributed by atoms with E-state index < -0.39 is 0 Å². The molecule has 82 valence electrons. The Labute approximate surface area is 86.6 Å². The van der Waals surface area contributed by atoms with Crippen molar-refractivity contribution in [2.24, 2.45) is 0 Å². The summed E-state index contributed by atoms with van der Waals surface area (Å²) in [5, 5.41) is 16.4. The van der Waals surface area contributed by atoms with Crippen molar-refractivity contribution >= 4 is 0 Å². The largest absolute Gasteiger partial charge is 0.393 e. The number of aliphatic hydroxyl groups excluding tert-OH is 1. The first-order valence-corrected chi connectivity index (χ1v) is 5.37. The van der Waals surface area contributed by atoms with Gasteiger partial charge in [-0.15, -0.1) is 6.58 Å². The average molecular weight is 198 g/mol. The molecular formula is C11H22N2O. The Morgan fingerprint density at radius 2 is 2.07 bits per heavy atom. The van der Waals surface area contributed by atoms with Crippen molar-refractivity contribution in [2.75, 3.05) is 13.1 Å². The fourth-order valence-electron chi connectivity index (χ4n) is 2.17. The van der Waals surface area contributed by atoms with Crippen LogP contribution in [0.25, 0.3) is 0 Å². The number of hydrogen-bond acceptors (Lipinski definition) is 3. The Morgan fingerprint density at radius 1 is 1.50 bits per heavy atom. The van der Waals surface area contributed by atoms with Crippen molar-refractivity contribution in [3.05, 3.63) is 12.2 Å². The number of hydrogen-bond donors (Lipinski definition) is 3. The van der Waals surface area contributed by atoms with Gasteiger partial charge < -0.3 is 5.11 Å². The lowest BCUT2D eigenvalue weighted by molar-refractivity contribution is 0.102. The molecule has 1 rings (SSSR count). The van der Waals surface area contributed by atoms with E-state index in [1.807, 2.05) is 13.8 Å². The van der Waals surface area contributed by atoms with Crippen molar-refractivity contribution in [1.29, 1.82) is 0 Å². The van der Waals surface area contributed by atoms with E-state index in [9.17, 15) is 5.11 Å². The molecule has 0 aliphatic carbocycles. The summed E-state index contributed by atoms with van der Waals surface area (Å²) in [4.78, 5) is 0. The fraction of sp³-hybridized carbons (Fsp3) is 0.818. The molecule has 1 aliphatic heterocycles. The normalized spacial score (nSPS) is 23.1. The van der Waals surface area contributed by atoms with Gasteiger partial charge >= 0.3 is 0 Å². The second-order valence-corrected chi connectivity index (χ2v) is 4.48. The lowest BCUT2D eigenvalue weighted by atomic mass is 9.93. The molecule has 1 fully saturated rings. The minimum absolute atomic E-state index is 0.127. The third-order valence-electron chi connectivity index (χ3n) is 2.53. The smallest absolute Gasteiger partial charge is 0.0749 e. The zero-order chi connectivity index (χ0) is 10.6. The molecule has 0 amide bonds. The number of aliphatic hydroxyl groups is 1. The molecule has 0 saturated carbocycles. The molecule has 1 heterocycles. The van der Waals surface area contributed by atoms with Crippen LogP contribution in [0.5, 0.6) is 0 Å². The lowest BCUT2D eigenvalue weighted by Crippen LogP contribution is -2.62. The van der Waals surface area contributed by atoms with Gasteiger partial charge in [-0.1, -0.05) is 5.57 Å². The highest BCUT2D eigenvalue weighted by molar-refractivity contribution is 5.02. The van der Waals surface area contributed by atoms with Crippen molar-refractivity contribution in [2.45, 2.75) is 44.9 Å². The van der Waals surface area contributed by atoms with Crippen LogP contribution < -0.4 is 10.6 Å². The lowest BCUT2D eigenvalue weighted by Gasteiger charge is -2.40. The van der Waals surface area contributed by atoms with E-state index in [0.29, 0.717) is 0 Å². The van der Waals surface area contributed by atoms with Crippen molar-refractivity contribution in [3.63, 3.8) is 0 Å². The average Bonchev–Trinajstić information content (AvgIpc) is 2.01. The van der Waals surface area contributed by atoms with E-state index in [1.54, 1.807) is 0 Å². The van der Waals surface area contributed by atoms with Crippen LogP contribution in [-0.2, 0) is 0 Å². The molecule has 3 N–H and O–H groups in total. The predicted molar refractivity (Wildman–Crippen MR) is 59.1 cm³/mol. The van der Waals surface area contributed by atoms with Gasteiger partial charge in [0.2, 0.25) is 0 Å². The zero-order valence-electron chi connectivity index (χ0n) is 9.27. The van der Waals surface area contributed by atoms with Crippen LogP contribution in [0.15, 0.2) is 12.2 Å². The van der Waals surface area contributed by atoms with E-state index in [0.717, 1.165) is 37.9 Å². The quantitative estimate of drug-likeness (QED) is 0.591. The summed E-state index contributed by atoms with van der Waals surface area (Å²) in [6.07, 6.45) is 2.49. The van der Waals surface area contributed by atoms with Crippen LogP contribution in [0.4, 0.5) is 0 Å². The Bertz CT molecular complexity index is 195. The number of rotatable bonds is 4. The van der Waals surface area contributed by atoms with Crippen LogP contribution in [0.2, 0.25) is 0 Å². The van der Waals surface area contributed by atoms with Crippen LogP contribution in [0, 0.1) is 0 Å². The van der Waals surface area contributed by atoms with Crippen LogP contribution in [0.3, 0.4) is 0 Å². The summed E-state index contributed by atoms with van der Waals surface area (Å²) in [6.45, 7) is 9.84. The maximum Gasteiger partial charge on any atom is 0.0749 e. The van der Waals surface area contributed by atoms with Gasteiger partial charge in [0.25, 0.3) is 0 Å². The van der Waals surface area contributed by atoms with Crippen molar-refractivity contribution in [3.8, 4) is 0 Å². The highest BCUT2D eigenvalue weighted by Gasteiger charge is 2.32. The third kappa shape index (κ3) is 3.40. The summed E-state index contributed by atoms with van der Waals surface area (Å²) in [5.74, 6) is 0. The molecule has 0 bridgehead atoms. The highest BCUT2D eigenvalue weighted by atomic mass is 16.3. The molecule has 3 nitrogen and oxygen atoms in total. The second-order valence-electron chi connectivity index (χ2n) is 4.48. The Balaban J connectivity index is 2.61. The summed E-state index contributed by atoms with van der Waals surface area (Å²) < 4.78 is 0. The Hall–Kier alpha value is -0.380. The molecule has 0 aromatic heterocycles. The van der Waals surface area contributed by atoms with Gasteiger partial charge in [0.15, 0.2) is 0 Å². The van der Waals surface area contributed by atoms with Gasteiger partial charge in [-0.05, 0) is 39.8 Å². The molecule has 0 radical (unpaired) electrons. The summed E-state index contributed by atoms with van der Waals surface area (Å²) in [6, 6.07) is 0. The van der Waals surface area contributed by atoms with Crippen molar-refractivity contribution < 1.29 is 5.11 Å². The van der Waals surface area contributed by atoms with E-state index in [-0.39, 0.29) is 11.8 Å². The number of nitrogens with one attached hydrogen (secondary N) is 2. The summed E-state index contributed by atoms with van der Waals surface area (Å²) in [5.41, 5.74) is 1.02. The van der Waals surface area contributed by atoms with E-state index in [4.69, 9.17) is 0 Å². The minimum atomic E-state index is -0.285. The van der Waals surface area contributed by atoms with Gasteiger partial charge in [-0.25, -0.2) is 0 Å². The minimum Gasteiger partial charge on any atom is -0.393 e. The molecule has 3 heteroatoms. The monoisotopic (exact) mass is 198 g/mol. The predicted octanol–water partition coefficient (Wildman–Crippen LogP) is 1.00. The third-order valence-corrected chi connectivity index (χ3v) is 2.53. The van der Waals surface area contributed by atoms with Crippen LogP contribution in [-0.4, -0.2) is 30.0 Å². The topological polar surface area (TPSA) is 44.3 Å². The van der Waals surface area contributed by atoms with Gasteiger partial charge in [0.05, 0.1) is 11.8 Å². The maximum absolute atomic E-state index is 9.47.